The van der Waals surface area contributed by atoms with Crippen molar-refractivity contribution >= 4 is 15.9 Å². The summed E-state index contributed by atoms with van der Waals surface area (Å²) in [4.78, 5) is 39.9. The van der Waals surface area contributed by atoms with E-state index in [1.54, 1.807) is 18.2 Å². The molecule has 0 radical (unpaired) electrons. The highest BCUT2D eigenvalue weighted by Gasteiger charge is 2.17. The van der Waals surface area contributed by atoms with Gasteiger partial charge >= 0.3 is 5.69 Å². The van der Waals surface area contributed by atoms with Gasteiger partial charge in [0.2, 0.25) is 16.8 Å². The molecular formula is C20H18N4O7S. The van der Waals surface area contributed by atoms with Crippen LogP contribution in [-0.2, 0) is 23.1 Å². The molecule has 0 unspecified atom stereocenters. The summed E-state index contributed by atoms with van der Waals surface area (Å²) in [6.07, 6.45) is 1.06. The van der Waals surface area contributed by atoms with Crippen LogP contribution in [0.25, 0.3) is 0 Å². The quantitative estimate of drug-likeness (QED) is 0.464. The summed E-state index contributed by atoms with van der Waals surface area (Å²) in [5, 5.41) is 7.62. The van der Waals surface area contributed by atoms with Crippen LogP contribution in [-0.4, -0.2) is 30.7 Å². The Morgan fingerprint density at radius 1 is 1.06 bits per heavy atom. The zero-order chi connectivity index (χ0) is 22.9. The highest BCUT2D eigenvalue weighted by atomic mass is 32.2. The Morgan fingerprint density at radius 2 is 1.75 bits per heavy atom. The molecule has 4 N–H and O–H groups in total. The van der Waals surface area contributed by atoms with Gasteiger partial charge < -0.3 is 19.8 Å². The van der Waals surface area contributed by atoms with Crippen LogP contribution in [0.4, 0.5) is 0 Å². The Balaban J connectivity index is 1.51. The van der Waals surface area contributed by atoms with E-state index < -0.39 is 27.2 Å². The summed E-state index contributed by atoms with van der Waals surface area (Å²) in [5.41, 5.74) is -0.451. The SMILES string of the molecule is NS(=O)(=O)c1ccc(CNC(=O)c2c[nH]c(=O)n(Cc3ccc4c(c3)OCO4)c2=O)cc1. The molecule has 0 saturated heterocycles. The first-order valence-electron chi connectivity index (χ1n) is 9.33. The highest BCUT2D eigenvalue weighted by Crippen LogP contribution is 2.32. The van der Waals surface area contributed by atoms with Crippen LogP contribution in [0, 0.1) is 0 Å². The maximum Gasteiger partial charge on any atom is 0.328 e. The number of fused-ring (bicyclic) bond motifs is 1. The van der Waals surface area contributed by atoms with Crippen molar-refractivity contribution in [1.29, 1.82) is 0 Å². The highest BCUT2D eigenvalue weighted by molar-refractivity contribution is 7.89. The zero-order valence-corrected chi connectivity index (χ0v) is 17.3. The van der Waals surface area contributed by atoms with E-state index in [-0.39, 0.29) is 30.3 Å². The molecule has 3 aromatic rings. The summed E-state index contributed by atoms with van der Waals surface area (Å²) in [5.74, 6) is 0.385. The largest absolute Gasteiger partial charge is 0.454 e. The van der Waals surface area contributed by atoms with Crippen molar-refractivity contribution in [2.45, 2.75) is 18.0 Å². The number of nitrogens with two attached hydrogens (primary N) is 1. The second-order valence-corrected chi connectivity index (χ2v) is 8.52. The minimum absolute atomic E-state index is 0.0322. The van der Waals surface area contributed by atoms with Crippen LogP contribution in [0.1, 0.15) is 21.5 Å². The third-order valence-electron chi connectivity index (χ3n) is 4.79. The van der Waals surface area contributed by atoms with Crippen LogP contribution < -0.4 is 31.2 Å². The average molecular weight is 458 g/mol. The van der Waals surface area contributed by atoms with Gasteiger partial charge in [0.15, 0.2) is 11.5 Å². The summed E-state index contributed by atoms with van der Waals surface area (Å²) in [6, 6.07) is 10.6. The van der Waals surface area contributed by atoms with Crippen molar-refractivity contribution in [3.8, 4) is 11.5 Å². The fourth-order valence-corrected chi connectivity index (χ4v) is 3.63. The second-order valence-electron chi connectivity index (χ2n) is 6.96. The molecule has 32 heavy (non-hydrogen) atoms. The maximum absolute atomic E-state index is 12.8. The summed E-state index contributed by atoms with van der Waals surface area (Å²) in [6.45, 7) is 0.0607. The first-order valence-corrected chi connectivity index (χ1v) is 10.9. The van der Waals surface area contributed by atoms with Gasteiger partial charge in [-0.05, 0) is 35.4 Å². The molecule has 1 aliphatic rings. The van der Waals surface area contributed by atoms with Gasteiger partial charge in [0.25, 0.3) is 11.5 Å². The maximum atomic E-state index is 12.8. The standard InChI is InChI=1S/C20H18N4O7S/c21-32(28,29)14-4-1-12(2-5-14)8-22-18(25)15-9-23-20(27)24(19(15)26)10-13-3-6-16-17(7-13)31-11-30-16/h1-7,9H,8,10-11H2,(H,22,25)(H,23,27)(H2,21,28,29). The molecule has 2 aromatic carbocycles. The molecule has 1 aromatic heterocycles. The number of aromatic amines is 1. The number of nitrogens with zero attached hydrogens (tertiary/aromatic N) is 1. The van der Waals surface area contributed by atoms with Crippen LogP contribution in [0.15, 0.2) is 63.1 Å². The zero-order valence-electron chi connectivity index (χ0n) is 16.5. The number of benzene rings is 2. The number of ether oxygens (including phenoxy) is 2. The van der Waals surface area contributed by atoms with Crippen molar-refractivity contribution in [2.24, 2.45) is 5.14 Å². The Labute approximate surface area is 181 Å². The van der Waals surface area contributed by atoms with Crippen molar-refractivity contribution < 1.29 is 22.7 Å². The van der Waals surface area contributed by atoms with E-state index in [1.807, 2.05) is 0 Å². The molecule has 0 bridgehead atoms. The molecule has 12 heteroatoms. The third-order valence-corrected chi connectivity index (χ3v) is 5.72. The lowest BCUT2D eigenvalue weighted by molar-refractivity contribution is 0.0948. The molecule has 2 heterocycles. The number of carbonyl (C=O) groups excluding carboxylic acids is 1. The Hall–Kier alpha value is -3.90. The molecule has 0 aliphatic carbocycles. The molecular weight excluding hydrogens is 440 g/mol. The monoisotopic (exact) mass is 458 g/mol. The van der Waals surface area contributed by atoms with Gasteiger partial charge in [0.05, 0.1) is 11.4 Å². The molecule has 166 valence electrons. The smallest absolute Gasteiger partial charge is 0.328 e. The number of primary sulfonamides is 1. The first kappa shape index (κ1) is 21.3. The Morgan fingerprint density at radius 3 is 2.47 bits per heavy atom. The van der Waals surface area contributed by atoms with Crippen molar-refractivity contribution in [3.05, 3.63) is 86.2 Å². The Bertz CT molecular complexity index is 1410. The number of nitrogens with one attached hydrogen (secondary N) is 2. The molecule has 1 aliphatic heterocycles. The lowest BCUT2D eigenvalue weighted by Crippen LogP contribution is -2.40. The topological polar surface area (TPSA) is 163 Å². The number of hydrogen-bond donors (Lipinski definition) is 3. The van der Waals surface area contributed by atoms with E-state index in [1.165, 1.54) is 24.3 Å². The minimum atomic E-state index is -3.82. The van der Waals surface area contributed by atoms with Crippen LogP contribution >= 0.6 is 0 Å². The van der Waals surface area contributed by atoms with Crippen LogP contribution in [0.3, 0.4) is 0 Å². The number of aromatic nitrogens is 2. The predicted molar refractivity (Wildman–Crippen MR) is 112 cm³/mol. The fraction of sp³-hybridized carbons (Fsp3) is 0.150. The molecule has 11 nitrogen and oxygen atoms in total. The normalized spacial score (nSPS) is 12.5. The average Bonchev–Trinajstić information content (AvgIpc) is 3.22. The molecule has 0 fully saturated rings. The van der Waals surface area contributed by atoms with E-state index in [4.69, 9.17) is 14.6 Å². The van der Waals surface area contributed by atoms with Crippen molar-refractivity contribution in [1.82, 2.24) is 14.9 Å². The van der Waals surface area contributed by atoms with Crippen molar-refractivity contribution in [3.63, 3.8) is 0 Å². The predicted octanol–water partition coefficient (Wildman–Crippen LogP) is -0.109. The number of carbonyl (C=O) groups is 1. The number of rotatable bonds is 6. The number of sulfonamides is 1. The van der Waals surface area contributed by atoms with Gasteiger partial charge in [-0.25, -0.2) is 18.4 Å². The lowest BCUT2D eigenvalue weighted by Gasteiger charge is -2.09. The second kappa shape index (κ2) is 8.32. The first-order chi connectivity index (χ1) is 15.2. The number of H-pyrrole nitrogens is 1. The van der Waals surface area contributed by atoms with Gasteiger partial charge in [-0.3, -0.25) is 14.2 Å². The van der Waals surface area contributed by atoms with Crippen LogP contribution in [0.2, 0.25) is 0 Å². The number of amides is 1. The number of hydrogen-bond acceptors (Lipinski definition) is 7. The van der Waals surface area contributed by atoms with Crippen molar-refractivity contribution in [2.75, 3.05) is 6.79 Å². The summed E-state index contributed by atoms with van der Waals surface area (Å²) in [7, 11) is -3.82. The van der Waals surface area contributed by atoms with Gasteiger partial charge in [-0.15, -0.1) is 0 Å². The van der Waals surface area contributed by atoms with E-state index in [9.17, 15) is 22.8 Å². The van der Waals surface area contributed by atoms with Gasteiger partial charge in [0.1, 0.15) is 5.56 Å². The molecule has 1 amide bonds. The fourth-order valence-electron chi connectivity index (χ4n) is 3.11. The minimum Gasteiger partial charge on any atom is -0.454 e. The van der Waals surface area contributed by atoms with E-state index in [0.717, 1.165) is 10.8 Å². The molecule has 0 atom stereocenters. The van der Waals surface area contributed by atoms with E-state index in [0.29, 0.717) is 22.6 Å². The molecule has 4 rings (SSSR count). The summed E-state index contributed by atoms with van der Waals surface area (Å²) < 4.78 is 34.1. The van der Waals surface area contributed by atoms with Gasteiger partial charge in [-0.2, -0.15) is 0 Å². The van der Waals surface area contributed by atoms with Crippen LogP contribution in [0.5, 0.6) is 11.5 Å². The molecule has 0 spiro atoms. The summed E-state index contributed by atoms with van der Waals surface area (Å²) >= 11 is 0. The Kier molecular flexibility index (Phi) is 5.55. The third kappa shape index (κ3) is 4.40. The van der Waals surface area contributed by atoms with E-state index in [2.05, 4.69) is 10.3 Å². The lowest BCUT2D eigenvalue weighted by atomic mass is 10.2. The van der Waals surface area contributed by atoms with Gasteiger partial charge in [-0.1, -0.05) is 18.2 Å². The van der Waals surface area contributed by atoms with E-state index >= 15 is 0 Å². The van der Waals surface area contributed by atoms with Gasteiger partial charge in [0, 0.05) is 12.7 Å². The molecule has 0 saturated carbocycles.